The molecule has 2 heteroatoms. The van der Waals surface area contributed by atoms with E-state index in [2.05, 4.69) is 12.2 Å². The Morgan fingerprint density at radius 1 is 1.00 bits per heavy atom. The summed E-state index contributed by atoms with van der Waals surface area (Å²) in [4.78, 5) is 0. The van der Waals surface area contributed by atoms with Crippen LogP contribution in [0.25, 0.3) is 0 Å². The maximum Gasteiger partial charge on any atom is 3.00 e. The van der Waals surface area contributed by atoms with Crippen LogP contribution in [-0.2, 0) is 20.1 Å². The largest absolute Gasteiger partial charge is 3.00 e. The minimum absolute atomic E-state index is 0. The van der Waals surface area contributed by atoms with Crippen LogP contribution in [0.3, 0.4) is 0 Å². The maximum atomic E-state index is 2.26. The molecule has 2 aliphatic carbocycles. The van der Waals surface area contributed by atoms with Crippen LogP contribution in [0.15, 0.2) is 23.3 Å². The molecule has 9 heavy (non-hydrogen) atoms. The predicted octanol–water partition coefficient (Wildman–Crippen LogP) is -0.962. The Morgan fingerprint density at radius 2 is 1.44 bits per heavy atom. The molecular weight excluding hydrogens is 403 g/mol. The van der Waals surface area contributed by atoms with E-state index in [1.807, 2.05) is 0 Å². The second-order valence-electron chi connectivity index (χ2n) is 2.33. The van der Waals surface area contributed by atoms with E-state index in [-0.39, 0.29) is 44.1 Å². The van der Waals surface area contributed by atoms with Crippen molar-refractivity contribution in [3.63, 3.8) is 0 Å². The van der Waals surface area contributed by atoms with Crippen molar-refractivity contribution >= 4 is 0 Å². The van der Waals surface area contributed by atoms with E-state index >= 15 is 0 Å². The summed E-state index contributed by atoms with van der Waals surface area (Å²) in [6.07, 6.45) is 8.54. The van der Waals surface area contributed by atoms with Gasteiger partial charge >= 0.3 is 20.1 Å². The fourth-order valence-corrected chi connectivity index (χ4v) is 1.31. The standard InChI is InChI=1S/C7H8.HI.Ir/c1-2-7-4-3-6(1)5-7;;/h1-2H,3-5H2;1H;/q;;+3/p-1. The average molecular weight is 411 g/mol. The molecule has 0 radical (unpaired) electrons. The predicted molar refractivity (Wildman–Crippen MR) is 30.0 cm³/mol. The third-order valence-corrected chi connectivity index (χ3v) is 1.78. The first-order valence-corrected chi connectivity index (χ1v) is 2.82. The molecule has 2 aliphatic rings. The topological polar surface area (TPSA) is 0 Å². The smallest absolute Gasteiger partial charge is 1.00 e. The van der Waals surface area contributed by atoms with Gasteiger partial charge in [-0.2, -0.15) is 0 Å². The van der Waals surface area contributed by atoms with Gasteiger partial charge in [0.1, 0.15) is 0 Å². The summed E-state index contributed by atoms with van der Waals surface area (Å²) >= 11 is 0. The van der Waals surface area contributed by atoms with Crippen LogP contribution >= 0.6 is 0 Å². The molecule has 2 rings (SSSR count). The Hall–Kier alpha value is 0.859. The van der Waals surface area contributed by atoms with Gasteiger partial charge in [-0.15, -0.1) is 0 Å². The van der Waals surface area contributed by atoms with E-state index in [0.717, 1.165) is 0 Å². The average Bonchev–Trinajstić information content (AvgIpc) is 2.22. The monoisotopic (exact) mass is 412 g/mol. The van der Waals surface area contributed by atoms with Gasteiger partial charge in [-0.25, -0.2) is 0 Å². The molecule has 1 fully saturated rings. The Labute approximate surface area is 86.2 Å². The molecule has 0 aromatic heterocycles. The van der Waals surface area contributed by atoms with E-state index in [0.29, 0.717) is 0 Å². The number of rotatable bonds is 0. The number of hydrogen-bond donors (Lipinski definition) is 0. The summed E-state index contributed by atoms with van der Waals surface area (Å²) in [5.74, 6) is 0. The van der Waals surface area contributed by atoms with Crippen molar-refractivity contribution in [3.05, 3.63) is 23.3 Å². The molecule has 0 saturated heterocycles. The zero-order valence-electron chi connectivity index (χ0n) is 4.99. The molecule has 0 nitrogen and oxygen atoms in total. The summed E-state index contributed by atoms with van der Waals surface area (Å²) < 4.78 is 0. The Balaban J connectivity index is 0.000000320. The van der Waals surface area contributed by atoms with Gasteiger partial charge in [-0.1, -0.05) is 23.3 Å². The van der Waals surface area contributed by atoms with Crippen LogP contribution in [0.2, 0.25) is 0 Å². The quantitative estimate of drug-likeness (QED) is 0.451. The van der Waals surface area contributed by atoms with Crippen LogP contribution in [0, 0.1) is 0 Å². The summed E-state index contributed by atoms with van der Waals surface area (Å²) in [7, 11) is 0. The number of hydrogen-bond acceptors (Lipinski definition) is 0. The van der Waals surface area contributed by atoms with Gasteiger partial charge in [0.05, 0.1) is 0 Å². The van der Waals surface area contributed by atoms with Crippen molar-refractivity contribution in [3.8, 4) is 0 Å². The molecular formula is C7H8IIr+2. The van der Waals surface area contributed by atoms with Crippen molar-refractivity contribution in [1.82, 2.24) is 0 Å². The first kappa shape index (κ1) is 9.86. The molecule has 0 aliphatic heterocycles. The summed E-state index contributed by atoms with van der Waals surface area (Å²) in [6.45, 7) is 0. The van der Waals surface area contributed by atoms with Crippen molar-refractivity contribution in [2.75, 3.05) is 0 Å². The summed E-state index contributed by atoms with van der Waals surface area (Å²) in [5, 5.41) is 0. The van der Waals surface area contributed by atoms with Gasteiger partial charge < -0.3 is 24.0 Å². The second-order valence-corrected chi connectivity index (χ2v) is 2.33. The fraction of sp³-hybridized carbons (Fsp3) is 0.429. The van der Waals surface area contributed by atoms with Crippen molar-refractivity contribution < 1.29 is 44.1 Å². The number of allylic oxidation sites excluding steroid dienone is 4. The van der Waals surface area contributed by atoms with Gasteiger partial charge in [-0.3, -0.25) is 0 Å². The van der Waals surface area contributed by atoms with E-state index in [4.69, 9.17) is 0 Å². The van der Waals surface area contributed by atoms with E-state index in [1.165, 1.54) is 19.3 Å². The Bertz CT molecular complexity index is 140. The van der Waals surface area contributed by atoms with Crippen LogP contribution in [-0.4, -0.2) is 0 Å². The van der Waals surface area contributed by atoms with Gasteiger partial charge in [0, 0.05) is 0 Å². The summed E-state index contributed by atoms with van der Waals surface area (Å²) in [5.41, 5.74) is 3.30. The fourth-order valence-electron chi connectivity index (χ4n) is 1.31. The molecule has 2 bridgehead atoms. The van der Waals surface area contributed by atoms with Gasteiger partial charge in [-0.05, 0) is 19.3 Å². The molecule has 0 aromatic rings. The zero-order chi connectivity index (χ0) is 4.69. The van der Waals surface area contributed by atoms with Crippen molar-refractivity contribution in [1.29, 1.82) is 0 Å². The minimum atomic E-state index is 0. The molecule has 1 saturated carbocycles. The molecule has 0 N–H and O–H groups in total. The molecule has 0 atom stereocenters. The molecule has 0 spiro atoms. The van der Waals surface area contributed by atoms with Gasteiger partial charge in [0.2, 0.25) is 0 Å². The maximum absolute atomic E-state index is 2.26. The Kier molecular flexibility index (Phi) is 4.26. The summed E-state index contributed by atoms with van der Waals surface area (Å²) in [6, 6.07) is 0. The van der Waals surface area contributed by atoms with Crippen LogP contribution in [0.5, 0.6) is 0 Å². The molecule has 0 aromatic carbocycles. The van der Waals surface area contributed by atoms with Crippen LogP contribution in [0.1, 0.15) is 19.3 Å². The normalized spacial score (nSPS) is 19.6. The molecule has 0 amide bonds. The Morgan fingerprint density at radius 3 is 1.56 bits per heavy atom. The molecule has 50 valence electrons. The number of fused-ring (bicyclic) bond motifs is 2. The van der Waals surface area contributed by atoms with E-state index < -0.39 is 0 Å². The first-order chi connectivity index (χ1) is 3.45. The number of halogens is 1. The second kappa shape index (κ2) is 3.89. The molecule has 0 heterocycles. The van der Waals surface area contributed by atoms with E-state index in [1.54, 1.807) is 11.1 Å². The van der Waals surface area contributed by atoms with Crippen LogP contribution in [0.4, 0.5) is 0 Å². The third-order valence-electron chi connectivity index (χ3n) is 1.78. The van der Waals surface area contributed by atoms with E-state index in [9.17, 15) is 0 Å². The first-order valence-electron chi connectivity index (χ1n) is 2.82. The SMILES string of the molecule is C1=C2CCC(=C1)C2.[I-].[Ir+3]. The molecule has 0 unspecified atom stereocenters. The van der Waals surface area contributed by atoms with Crippen LogP contribution < -0.4 is 24.0 Å². The minimum Gasteiger partial charge on any atom is -1.00 e. The third kappa shape index (κ3) is 1.89. The zero-order valence-corrected chi connectivity index (χ0v) is 9.54. The van der Waals surface area contributed by atoms with Crippen molar-refractivity contribution in [2.24, 2.45) is 0 Å². The van der Waals surface area contributed by atoms with Crippen molar-refractivity contribution in [2.45, 2.75) is 19.3 Å². The van der Waals surface area contributed by atoms with Gasteiger partial charge in [0.25, 0.3) is 0 Å². The van der Waals surface area contributed by atoms with Gasteiger partial charge in [0.15, 0.2) is 0 Å².